The van der Waals surface area contributed by atoms with E-state index in [-0.39, 0.29) is 34.5 Å². The van der Waals surface area contributed by atoms with E-state index in [0.717, 1.165) is 5.56 Å². The molecule has 10 heteroatoms. The van der Waals surface area contributed by atoms with E-state index < -0.39 is 20.5 Å². The first-order chi connectivity index (χ1) is 7.00. The molecule has 17 heavy (non-hydrogen) atoms. The summed E-state index contributed by atoms with van der Waals surface area (Å²) in [5, 5.41) is 0. The zero-order valence-corrected chi connectivity index (χ0v) is 9.73. The van der Waals surface area contributed by atoms with Crippen LogP contribution in [0.2, 0.25) is 0 Å². The van der Waals surface area contributed by atoms with E-state index in [0.29, 0.717) is 0 Å². The van der Waals surface area contributed by atoms with E-state index in [4.69, 9.17) is 22.1 Å². The molecule has 1 rings (SSSR count). The fourth-order valence-electron chi connectivity index (χ4n) is 0.710. The molecule has 3 N–H and O–H groups in total. The molecule has 1 aromatic rings. The Morgan fingerprint density at radius 1 is 0.882 bits per heavy atom. The van der Waals surface area contributed by atoms with Crippen molar-refractivity contribution in [3.8, 4) is 0 Å². The predicted octanol–water partition coefficient (Wildman–Crippen LogP) is -0.0596. The summed E-state index contributed by atoms with van der Waals surface area (Å²) in [7, 11) is -8.69. The molecule has 0 amide bonds. The first-order valence-electron chi connectivity index (χ1n) is 3.74. The summed E-state index contributed by atoms with van der Waals surface area (Å²) in [6.07, 6.45) is 0. The van der Waals surface area contributed by atoms with E-state index in [2.05, 4.69) is 0 Å². The van der Waals surface area contributed by atoms with Gasteiger partial charge in [0.15, 0.2) is 0 Å². The number of hydrogen-bond acceptors (Lipinski definition) is 4. The first kappa shape index (κ1) is 19.3. The van der Waals surface area contributed by atoms with Crippen LogP contribution in [0.1, 0.15) is 5.56 Å². The molecule has 0 unspecified atom stereocenters. The Hall–Kier alpha value is -0.000000000000000222. The number of benzene rings is 1. The SMILES string of the molecule is Cc1ccc(S(=O)(=O)O)cc1.O=S(=O)(O)O.[NaH]. The van der Waals surface area contributed by atoms with Crippen molar-refractivity contribution in [3.63, 3.8) is 0 Å². The van der Waals surface area contributed by atoms with Gasteiger partial charge in [0.25, 0.3) is 10.1 Å². The van der Waals surface area contributed by atoms with Crippen molar-refractivity contribution in [3.05, 3.63) is 29.8 Å². The van der Waals surface area contributed by atoms with Gasteiger partial charge in [0.05, 0.1) is 4.90 Å². The molecular formula is C7H11NaO7S2. The van der Waals surface area contributed by atoms with Crippen molar-refractivity contribution >= 4 is 50.1 Å². The minimum atomic E-state index is -4.67. The van der Waals surface area contributed by atoms with Gasteiger partial charge in [0.1, 0.15) is 0 Å². The molecule has 0 aliphatic heterocycles. The zero-order chi connectivity index (χ0) is 13.0. The molecular weight excluding hydrogens is 283 g/mol. The molecule has 0 aliphatic carbocycles. The van der Waals surface area contributed by atoms with Crippen LogP contribution in [0.4, 0.5) is 0 Å². The molecule has 0 aliphatic rings. The third-order valence-electron chi connectivity index (χ3n) is 1.32. The van der Waals surface area contributed by atoms with Gasteiger partial charge in [-0.15, -0.1) is 0 Å². The summed E-state index contributed by atoms with van der Waals surface area (Å²) in [5.74, 6) is 0. The summed E-state index contributed by atoms with van der Waals surface area (Å²) < 4.78 is 61.1. The molecule has 0 radical (unpaired) electrons. The van der Waals surface area contributed by atoms with Crippen molar-refractivity contribution in [1.82, 2.24) is 0 Å². The van der Waals surface area contributed by atoms with E-state index >= 15 is 0 Å². The molecule has 0 heterocycles. The fourth-order valence-corrected chi connectivity index (χ4v) is 1.19. The fraction of sp³-hybridized carbons (Fsp3) is 0.143. The van der Waals surface area contributed by atoms with Gasteiger partial charge < -0.3 is 0 Å². The summed E-state index contributed by atoms with van der Waals surface area (Å²) in [4.78, 5) is -0.0666. The molecule has 0 aromatic heterocycles. The minimum absolute atomic E-state index is 0. The molecule has 0 saturated heterocycles. The molecule has 94 valence electrons. The Morgan fingerprint density at radius 3 is 1.41 bits per heavy atom. The molecule has 0 atom stereocenters. The van der Waals surface area contributed by atoms with Crippen LogP contribution in [-0.4, -0.2) is 60.1 Å². The summed E-state index contributed by atoms with van der Waals surface area (Å²) >= 11 is 0. The molecule has 0 fully saturated rings. The average molecular weight is 294 g/mol. The van der Waals surface area contributed by atoms with Crippen LogP contribution < -0.4 is 0 Å². The van der Waals surface area contributed by atoms with Crippen LogP contribution >= 0.6 is 0 Å². The Bertz CT molecular complexity index is 524. The third-order valence-corrected chi connectivity index (χ3v) is 2.19. The van der Waals surface area contributed by atoms with Gasteiger partial charge in [0.2, 0.25) is 0 Å². The Balaban J connectivity index is 0. The molecule has 7 nitrogen and oxygen atoms in total. The van der Waals surface area contributed by atoms with Gasteiger partial charge in [-0.3, -0.25) is 13.7 Å². The Kier molecular flexibility index (Phi) is 8.46. The van der Waals surface area contributed by atoms with Gasteiger partial charge in [-0.2, -0.15) is 16.8 Å². The van der Waals surface area contributed by atoms with Gasteiger partial charge >= 0.3 is 40.0 Å². The van der Waals surface area contributed by atoms with E-state index in [9.17, 15) is 8.42 Å². The normalized spacial score (nSPS) is 10.8. The van der Waals surface area contributed by atoms with Crippen LogP contribution in [0.5, 0.6) is 0 Å². The number of aryl methyl sites for hydroxylation is 1. The first-order valence-corrected chi connectivity index (χ1v) is 6.58. The molecule has 0 bridgehead atoms. The monoisotopic (exact) mass is 294 g/mol. The molecule has 0 saturated carbocycles. The van der Waals surface area contributed by atoms with E-state index in [1.165, 1.54) is 12.1 Å². The standard InChI is InChI=1S/C7H8O3S.Na.H2O4S.H/c1-6-2-4-7(5-3-6)11(8,9)10;;1-5(2,3)4;/h2-5H,1H3,(H,8,9,10);;(H2,1,2,3,4);. The van der Waals surface area contributed by atoms with Gasteiger partial charge in [-0.1, -0.05) is 17.7 Å². The maximum atomic E-state index is 10.5. The molecule has 1 aromatic carbocycles. The Labute approximate surface area is 121 Å². The van der Waals surface area contributed by atoms with Crippen molar-refractivity contribution in [2.24, 2.45) is 0 Å². The summed E-state index contributed by atoms with van der Waals surface area (Å²) in [6, 6.07) is 5.99. The van der Waals surface area contributed by atoms with Gasteiger partial charge in [0, 0.05) is 0 Å². The summed E-state index contributed by atoms with van der Waals surface area (Å²) in [5.41, 5.74) is 0.956. The second-order valence-corrected chi connectivity index (χ2v) is 5.05. The van der Waals surface area contributed by atoms with Crippen LogP contribution in [-0.2, 0) is 20.5 Å². The van der Waals surface area contributed by atoms with Crippen molar-refractivity contribution in [1.29, 1.82) is 0 Å². The van der Waals surface area contributed by atoms with Crippen LogP contribution in [0.25, 0.3) is 0 Å². The van der Waals surface area contributed by atoms with Gasteiger partial charge in [-0.05, 0) is 19.1 Å². The number of hydrogen-bond donors (Lipinski definition) is 3. The van der Waals surface area contributed by atoms with Crippen molar-refractivity contribution < 1.29 is 30.5 Å². The van der Waals surface area contributed by atoms with E-state index in [1.54, 1.807) is 12.1 Å². The summed E-state index contributed by atoms with van der Waals surface area (Å²) in [6.45, 7) is 1.84. The van der Waals surface area contributed by atoms with E-state index in [1.807, 2.05) is 6.92 Å². The van der Waals surface area contributed by atoms with Crippen LogP contribution in [0.3, 0.4) is 0 Å². The van der Waals surface area contributed by atoms with Crippen LogP contribution in [0, 0.1) is 6.92 Å². The third kappa shape index (κ3) is 12.2. The number of rotatable bonds is 1. The van der Waals surface area contributed by atoms with Gasteiger partial charge in [-0.25, -0.2) is 0 Å². The predicted molar refractivity (Wildman–Crippen MR) is 62.3 cm³/mol. The second-order valence-electron chi connectivity index (χ2n) is 2.74. The molecule has 0 spiro atoms. The van der Waals surface area contributed by atoms with Crippen LogP contribution in [0.15, 0.2) is 29.2 Å². The topological polar surface area (TPSA) is 129 Å². The second kappa shape index (κ2) is 7.44. The zero-order valence-electron chi connectivity index (χ0n) is 8.10. The van der Waals surface area contributed by atoms with Crippen molar-refractivity contribution in [2.75, 3.05) is 0 Å². The average Bonchev–Trinajstić information content (AvgIpc) is 1.99. The van der Waals surface area contributed by atoms with Crippen molar-refractivity contribution in [2.45, 2.75) is 11.8 Å². The quantitative estimate of drug-likeness (QED) is 0.488. The Morgan fingerprint density at radius 2 is 1.18 bits per heavy atom. The maximum absolute atomic E-state index is 10.5.